The number of ether oxygens (including phenoxy) is 1. The van der Waals surface area contributed by atoms with E-state index in [4.69, 9.17) is 16.3 Å². The van der Waals surface area contributed by atoms with Gasteiger partial charge in [-0.1, -0.05) is 17.7 Å². The van der Waals surface area contributed by atoms with E-state index in [1.165, 1.54) is 43.4 Å². The monoisotopic (exact) mass is 577 g/mol. The van der Waals surface area contributed by atoms with Crippen LogP contribution in [0.15, 0.2) is 42.6 Å². The highest BCUT2D eigenvalue weighted by Crippen LogP contribution is 2.44. The lowest BCUT2D eigenvalue weighted by Gasteiger charge is -2.32. The molecule has 4 fully saturated rings. The number of aromatic nitrogens is 2. The highest BCUT2D eigenvalue weighted by Gasteiger charge is 2.45. The van der Waals surface area contributed by atoms with Gasteiger partial charge in [0.25, 0.3) is 0 Å². The van der Waals surface area contributed by atoms with Gasteiger partial charge in [0, 0.05) is 29.6 Å². The lowest BCUT2D eigenvalue weighted by atomic mass is 9.86. The van der Waals surface area contributed by atoms with Gasteiger partial charge in [0.05, 0.1) is 18.0 Å². The molecule has 2 saturated heterocycles. The summed E-state index contributed by atoms with van der Waals surface area (Å²) in [5.74, 6) is 2.63. The molecule has 1 atom stereocenters. The van der Waals surface area contributed by atoms with E-state index in [0.29, 0.717) is 27.8 Å². The van der Waals surface area contributed by atoms with Crippen molar-refractivity contribution >= 4 is 47.2 Å². The molecule has 40 heavy (non-hydrogen) atoms. The normalized spacial score (nSPS) is 24.1. The molecule has 3 aliphatic carbocycles. The number of nitrogens with one attached hydrogen (secondary N) is 2. The second-order valence-electron chi connectivity index (χ2n) is 12.4. The van der Waals surface area contributed by atoms with E-state index in [0.717, 1.165) is 55.1 Å². The van der Waals surface area contributed by atoms with Crippen molar-refractivity contribution in [3.63, 3.8) is 0 Å². The van der Waals surface area contributed by atoms with Gasteiger partial charge in [-0.25, -0.2) is 4.98 Å². The van der Waals surface area contributed by atoms with Crippen molar-refractivity contribution in [2.24, 2.45) is 5.92 Å². The summed E-state index contributed by atoms with van der Waals surface area (Å²) >= 11 is 6.50. The zero-order valence-electron chi connectivity index (χ0n) is 23.2. The number of nitrogens with zero attached hydrogens (tertiary/aromatic N) is 3. The number of aryl methyl sites for hydroxylation is 2. The fourth-order valence-electron chi connectivity index (χ4n) is 6.60. The molecule has 2 aliphatic heterocycles. The van der Waals surface area contributed by atoms with Gasteiger partial charge in [-0.05, 0) is 112 Å². The molecule has 3 heterocycles. The molecule has 2 saturated carbocycles. The smallest absolute Gasteiger partial charge is 0.229 e. The summed E-state index contributed by atoms with van der Waals surface area (Å²) in [7, 11) is -2.60. The number of hydrogen-bond donors (Lipinski definition) is 2. The minimum atomic E-state index is -2.60. The van der Waals surface area contributed by atoms with E-state index in [9.17, 15) is 4.57 Å². The second-order valence-corrected chi connectivity index (χ2v) is 16.0. The van der Waals surface area contributed by atoms with E-state index in [1.54, 1.807) is 19.5 Å². The maximum atomic E-state index is 13.2. The average Bonchev–Trinajstić information content (AvgIpc) is 3.54. The van der Waals surface area contributed by atoms with Crippen LogP contribution in [0.5, 0.6) is 5.75 Å². The molecule has 2 bridgehead atoms. The Morgan fingerprint density at radius 1 is 0.975 bits per heavy atom. The maximum Gasteiger partial charge on any atom is 0.229 e. The maximum absolute atomic E-state index is 13.2. The van der Waals surface area contributed by atoms with Gasteiger partial charge < -0.3 is 19.9 Å². The van der Waals surface area contributed by atoms with Crippen LogP contribution in [0.4, 0.5) is 23.1 Å². The van der Waals surface area contributed by atoms with E-state index >= 15 is 0 Å². The second kappa shape index (κ2) is 10.3. The quantitative estimate of drug-likeness (QED) is 0.226. The molecule has 210 valence electrons. The summed E-state index contributed by atoms with van der Waals surface area (Å²) in [4.78, 5) is 11.9. The van der Waals surface area contributed by atoms with Crippen molar-refractivity contribution in [1.82, 2.24) is 14.9 Å². The van der Waals surface area contributed by atoms with Crippen molar-refractivity contribution in [3.05, 3.63) is 58.7 Å². The number of hydrogen-bond acceptors (Lipinski definition) is 7. The van der Waals surface area contributed by atoms with Gasteiger partial charge in [-0.3, -0.25) is 4.90 Å². The third-order valence-corrected chi connectivity index (χ3v) is 10.8. The molecule has 2 aromatic carbocycles. The fourth-order valence-corrected chi connectivity index (χ4v) is 7.89. The lowest BCUT2D eigenvalue weighted by molar-refractivity contribution is 0.170. The van der Waals surface area contributed by atoms with E-state index < -0.39 is 7.14 Å². The molecule has 3 aromatic rings. The Balaban J connectivity index is 1.07. The highest BCUT2D eigenvalue weighted by atomic mass is 35.5. The molecule has 0 radical (unpaired) electrons. The summed E-state index contributed by atoms with van der Waals surface area (Å²) in [5, 5.41) is 7.80. The zero-order valence-corrected chi connectivity index (χ0v) is 24.8. The van der Waals surface area contributed by atoms with E-state index in [2.05, 4.69) is 43.7 Å². The van der Waals surface area contributed by atoms with E-state index in [-0.39, 0.29) is 6.10 Å². The Kier molecular flexibility index (Phi) is 6.80. The Morgan fingerprint density at radius 3 is 2.50 bits per heavy atom. The van der Waals surface area contributed by atoms with Crippen LogP contribution in [0.1, 0.15) is 49.7 Å². The van der Waals surface area contributed by atoms with Crippen LogP contribution in [-0.2, 0) is 17.4 Å². The average molecular weight is 578 g/mol. The largest absolute Gasteiger partial charge is 0.490 e. The van der Waals surface area contributed by atoms with Crippen molar-refractivity contribution in [2.45, 2.75) is 69.6 Å². The Labute approximate surface area is 241 Å². The van der Waals surface area contributed by atoms with Crippen molar-refractivity contribution < 1.29 is 9.30 Å². The first-order chi connectivity index (χ1) is 19.3. The summed E-state index contributed by atoms with van der Waals surface area (Å²) in [6, 6.07) is 13.9. The standard InChI is InChI=1S/C31H37ClN5O2P/c1-40(2,38)29-16-26(39-25-9-10-25)11-12-28(29)35-30-27(32)17-33-31(36-30)34-22-6-3-20-4-7-23(8-5-21(20)15-22)37-18-19-13-24(37)14-19/h3,6,11-12,15-17,19,23-25H,4-5,7-10,13-14,18H2,1-2H3,(H2,33,34,35,36)/t19?,23-,24?/m1/s1. The van der Waals surface area contributed by atoms with Crippen LogP contribution in [0.25, 0.3) is 0 Å². The predicted molar refractivity (Wildman–Crippen MR) is 163 cm³/mol. The minimum absolute atomic E-state index is 0.273. The predicted octanol–water partition coefficient (Wildman–Crippen LogP) is 6.75. The highest BCUT2D eigenvalue weighted by molar-refractivity contribution is 7.70. The van der Waals surface area contributed by atoms with Crippen molar-refractivity contribution in [1.29, 1.82) is 0 Å². The first-order valence-electron chi connectivity index (χ1n) is 14.6. The molecule has 5 aliphatic rings. The minimum Gasteiger partial charge on any atom is -0.490 e. The van der Waals surface area contributed by atoms with Crippen LogP contribution < -0.4 is 20.7 Å². The SMILES string of the molecule is CP(C)(=O)c1cc(OC2CC2)ccc1Nc1nc(Nc2ccc3c(c2)CC[C@H](N2CC4CC2C4)CC3)ncc1Cl. The van der Waals surface area contributed by atoms with Crippen LogP contribution >= 0.6 is 18.7 Å². The van der Waals surface area contributed by atoms with Gasteiger partial charge in [0.15, 0.2) is 5.82 Å². The van der Waals surface area contributed by atoms with Crippen LogP contribution in [0.2, 0.25) is 5.02 Å². The molecule has 2 N–H and O–H groups in total. The van der Waals surface area contributed by atoms with Gasteiger partial charge in [-0.2, -0.15) is 4.98 Å². The fraction of sp³-hybridized carbons (Fsp3) is 0.484. The van der Waals surface area contributed by atoms with Crippen LogP contribution in [-0.4, -0.2) is 52.9 Å². The van der Waals surface area contributed by atoms with Crippen molar-refractivity contribution in [2.75, 3.05) is 30.5 Å². The number of anilines is 4. The molecule has 8 rings (SSSR count). The summed E-state index contributed by atoms with van der Waals surface area (Å²) < 4.78 is 19.1. The van der Waals surface area contributed by atoms with Gasteiger partial charge >= 0.3 is 0 Å². The van der Waals surface area contributed by atoms with Crippen LogP contribution in [0, 0.1) is 5.92 Å². The third kappa shape index (κ3) is 5.48. The Hall–Kier alpha value is -2.60. The number of fused-ring (bicyclic) bond motifs is 2. The number of halogens is 1. The summed E-state index contributed by atoms with van der Waals surface area (Å²) in [6.45, 7) is 4.84. The molecule has 0 unspecified atom stereocenters. The third-order valence-electron chi connectivity index (χ3n) is 8.95. The van der Waals surface area contributed by atoms with E-state index in [1.807, 2.05) is 18.2 Å². The summed E-state index contributed by atoms with van der Waals surface area (Å²) in [5.41, 5.74) is 4.57. The number of benzene rings is 2. The molecular formula is C31H37ClN5O2P. The first-order valence-corrected chi connectivity index (χ1v) is 17.6. The zero-order chi connectivity index (χ0) is 27.4. The molecule has 9 heteroatoms. The molecular weight excluding hydrogens is 541 g/mol. The van der Waals surface area contributed by atoms with Crippen LogP contribution in [0.3, 0.4) is 0 Å². The molecule has 0 spiro atoms. The number of rotatable bonds is 8. The Bertz CT molecular complexity index is 1480. The Morgan fingerprint density at radius 2 is 1.77 bits per heavy atom. The van der Waals surface area contributed by atoms with Crippen molar-refractivity contribution in [3.8, 4) is 5.75 Å². The molecule has 0 amide bonds. The molecule has 7 nitrogen and oxygen atoms in total. The van der Waals surface area contributed by atoms with Gasteiger partial charge in [0.2, 0.25) is 5.95 Å². The summed E-state index contributed by atoms with van der Waals surface area (Å²) in [6.07, 6.45) is 11.6. The lowest BCUT2D eigenvalue weighted by Crippen LogP contribution is -2.37. The topological polar surface area (TPSA) is 79.4 Å². The van der Waals surface area contributed by atoms with Gasteiger partial charge in [0.1, 0.15) is 17.9 Å². The first kappa shape index (κ1) is 26.3. The van der Waals surface area contributed by atoms with Gasteiger partial charge in [-0.15, -0.1) is 0 Å². The molecule has 1 aromatic heterocycles.